The summed E-state index contributed by atoms with van der Waals surface area (Å²) in [4.78, 5) is 27.4. The van der Waals surface area contributed by atoms with Crippen molar-refractivity contribution < 1.29 is 28.2 Å². The molecule has 0 aliphatic carbocycles. The third kappa shape index (κ3) is 6.91. The Morgan fingerprint density at radius 2 is 1.87 bits per heavy atom. The summed E-state index contributed by atoms with van der Waals surface area (Å²) in [5, 5.41) is 9.82. The molecule has 0 radical (unpaired) electrons. The van der Waals surface area contributed by atoms with Crippen molar-refractivity contribution in [2.45, 2.75) is 52.1 Å². The lowest BCUT2D eigenvalue weighted by Crippen LogP contribution is -2.38. The quantitative estimate of drug-likeness (QED) is 0.190. The first kappa shape index (κ1) is 30.5. The summed E-state index contributed by atoms with van der Waals surface area (Å²) in [5.74, 6) is -1.16. The number of aromatic carboxylic acids is 1. The highest BCUT2D eigenvalue weighted by Gasteiger charge is 2.24. The molecule has 1 fully saturated rings. The molecule has 1 N–H and O–H groups in total. The standard InChI is InChI=1S/C32H31ClF2N6O4/c1-2-40-19-36-15-22(40)16-41-28-13-20(32(42)43)3-6-26(28)37-30(41)17-39-11-9-23(10-12-39)45-31-8-5-24(34)27(38-31)18-44-29-7-4-21(33)14-25(29)35/h3-8,13-15,19,23H,2,9-12,16-18H2,1H3,(H,42,43). The zero-order valence-electron chi connectivity index (χ0n) is 24.5. The van der Waals surface area contributed by atoms with E-state index in [0.717, 1.165) is 48.3 Å². The van der Waals surface area contributed by atoms with E-state index in [1.54, 1.807) is 24.5 Å². The zero-order valence-corrected chi connectivity index (χ0v) is 25.3. The average Bonchev–Trinajstić information content (AvgIpc) is 3.62. The second kappa shape index (κ2) is 13.2. The normalized spacial score (nSPS) is 14.2. The van der Waals surface area contributed by atoms with Crippen LogP contribution in [0, 0.1) is 11.6 Å². The molecule has 1 aliphatic rings. The Morgan fingerprint density at radius 3 is 2.62 bits per heavy atom. The second-order valence-electron chi connectivity index (χ2n) is 10.8. The number of piperidine rings is 1. The van der Waals surface area contributed by atoms with E-state index in [4.69, 9.17) is 26.1 Å². The Kier molecular flexibility index (Phi) is 8.95. The van der Waals surface area contributed by atoms with E-state index in [2.05, 4.69) is 24.0 Å². The summed E-state index contributed by atoms with van der Waals surface area (Å²) in [6.07, 6.45) is 4.91. The van der Waals surface area contributed by atoms with Gasteiger partial charge in [0.2, 0.25) is 5.88 Å². The Labute approximate surface area is 262 Å². The second-order valence-corrected chi connectivity index (χ2v) is 11.3. The molecule has 5 aromatic rings. The molecule has 10 nitrogen and oxygen atoms in total. The Bertz CT molecular complexity index is 1840. The molecule has 13 heteroatoms. The molecule has 1 aliphatic heterocycles. The molecule has 3 aromatic heterocycles. The lowest BCUT2D eigenvalue weighted by Gasteiger charge is -2.31. The number of imidazole rings is 2. The van der Waals surface area contributed by atoms with Gasteiger partial charge in [-0.05, 0) is 62.2 Å². The molecule has 6 rings (SSSR count). The van der Waals surface area contributed by atoms with E-state index >= 15 is 0 Å². The molecule has 0 atom stereocenters. The third-order valence-electron chi connectivity index (χ3n) is 7.87. The SMILES string of the molecule is CCn1cncc1Cn1c(CN2CCC(Oc3ccc(F)c(COc4ccc(Cl)cc4F)n3)CC2)nc2ccc(C(=O)O)cc21. The number of fused-ring (bicyclic) bond motifs is 1. The fourth-order valence-electron chi connectivity index (χ4n) is 5.45. The highest BCUT2D eigenvalue weighted by molar-refractivity contribution is 6.30. The molecule has 0 unspecified atom stereocenters. The maximum Gasteiger partial charge on any atom is 0.335 e. The fourth-order valence-corrected chi connectivity index (χ4v) is 5.61. The van der Waals surface area contributed by atoms with Crippen molar-refractivity contribution in [3.8, 4) is 11.6 Å². The summed E-state index contributed by atoms with van der Waals surface area (Å²) in [5.41, 5.74) is 2.71. The van der Waals surface area contributed by atoms with Crippen LogP contribution in [0.3, 0.4) is 0 Å². The highest BCUT2D eigenvalue weighted by Crippen LogP contribution is 2.26. The number of rotatable bonds is 11. The summed E-state index contributed by atoms with van der Waals surface area (Å²) in [7, 11) is 0. The third-order valence-corrected chi connectivity index (χ3v) is 8.11. The molecule has 2 aromatic carbocycles. The average molecular weight is 637 g/mol. The highest BCUT2D eigenvalue weighted by atomic mass is 35.5. The molecule has 0 bridgehead atoms. The monoisotopic (exact) mass is 636 g/mol. The summed E-state index contributed by atoms with van der Waals surface area (Å²) >= 11 is 5.78. The van der Waals surface area contributed by atoms with Gasteiger partial charge < -0.3 is 23.7 Å². The van der Waals surface area contributed by atoms with Gasteiger partial charge in [0.25, 0.3) is 0 Å². The molecule has 0 spiro atoms. The number of nitrogens with zero attached hydrogens (tertiary/aromatic N) is 6. The maximum atomic E-state index is 14.4. The Hall–Kier alpha value is -4.55. The zero-order chi connectivity index (χ0) is 31.5. The first-order valence-electron chi connectivity index (χ1n) is 14.6. The van der Waals surface area contributed by atoms with E-state index in [-0.39, 0.29) is 40.6 Å². The van der Waals surface area contributed by atoms with Crippen LogP contribution in [0.5, 0.6) is 11.6 Å². The van der Waals surface area contributed by atoms with E-state index in [9.17, 15) is 18.7 Å². The van der Waals surface area contributed by atoms with Crippen LogP contribution in [-0.4, -0.2) is 59.3 Å². The van der Waals surface area contributed by atoms with E-state index in [0.29, 0.717) is 25.9 Å². The summed E-state index contributed by atoms with van der Waals surface area (Å²) in [6, 6.07) is 11.7. The van der Waals surface area contributed by atoms with Gasteiger partial charge in [-0.2, -0.15) is 0 Å². The topological polar surface area (TPSA) is 108 Å². The first-order chi connectivity index (χ1) is 21.8. The van der Waals surface area contributed by atoms with Crippen molar-refractivity contribution in [3.63, 3.8) is 0 Å². The van der Waals surface area contributed by atoms with E-state index in [1.807, 2.05) is 13.1 Å². The molecule has 4 heterocycles. The number of aromatic nitrogens is 5. The molecular weight excluding hydrogens is 606 g/mol. The minimum atomic E-state index is -0.988. The number of pyridine rings is 1. The first-order valence-corrected chi connectivity index (χ1v) is 15.0. The number of ether oxygens (including phenoxy) is 2. The van der Waals surface area contributed by atoms with Crippen LogP contribution in [0.1, 0.15) is 47.3 Å². The van der Waals surface area contributed by atoms with Crippen molar-refractivity contribution >= 4 is 28.6 Å². The number of benzene rings is 2. The van der Waals surface area contributed by atoms with Crippen molar-refractivity contribution in [1.82, 2.24) is 29.0 Å². The van der Waals surface area contributed by atoms with Crippen molar-refractivity contribution in [3.05, 3.63) is 100 Å². The lowest BCUT2D eigenvalue weighted by atomic mass is 10.1. The van der Waals surface area contributed by atoms with Crippen LogP contribution in [0.4, 0.5) is 8.78 Å². The number of carboxylic acids is 1. The molecule has 45 heavy (non-hydrogen) atoms. The smallest absolute Gasteiger partial charge is 0.335 e. The van der Waals surface area contributed by atoms with Gasteiger partial charge in [0.15, 0.2) is 11.6 Å². The van der Waals surface area contributed by atoms with Gasteiger partial charge in [-0.25, -0.2) is 28.5 Å². The van der Waals surface area contributed by atoms with Gasteiger partial charge in [-0.15, -0.1) is 0 Å². The number of carbonyl (C=O) groups is 1. The van der Waals surface area contributed by atoms with Crippen molar-refractivity contribution in [2.24, 2.45) is 0 Å². The van der Waals surface area contributed by atoms with Crippen LogP contribution < -0.4 is 9.47 Å². The van der Waals surface area contributed by atoms with Gasteiger partial charge in [0, 0.05) is 36.9 Å². The Morgan fingerprint density at radius 1 is 1.04 bits per heavy atom. The molecule has 234 valence electrons. The van der Waals surface area contributed by atoms with Gasteiger partial charge in [0.1, 0.15) is 30.0 Å². The van der Waals surface area contributed by atoms with E-state index < -0.39 is 17.6 Å². The van der Waals surface area contributed by atoms with Crippen LogP contribution >= 0.6 is 11.6 Å². The molecule has 1 saturated heterocycles. The lowest BCUT2D eigenvalue weighted by molar-refractivity contribution is 0.0697. The number of carboxylic acid groups (broad SMARTS) is 1. The maximum absolute atomic E-state index is 14.4. The molecule has 0 saturated carbocycles. The van der Waals surface area contributed by atoms with Crippen molar-refractivity contribution in [1.29, 1.82) is 0 Å². The predicted octanol–water partition coefficient (Wildman–Crippen LogP) is 5.95. The van der Waals surface area contributed by atoms with Gasteiger partial charge in [0.05, 0.1) is 41.7 Å². The molecule has 0 amide bonds. The largest absolute Gasteiger partial charge is 0.484 e. The number of hydrogen-bond donors (Lipinski definition) is 1. The van der Waals surface area contributed by atoms with Crippen molar-refractivity contribution in [2.75, 3.05) is 13.1 Å². The summed E-state index contributed by atoms with van der Waals surface area (Å²) < 4.78 is 44.2. The van der Waals surface area contributed by atoms with Crippen LogP contribution in [0.15, 0.2) is 61.1 Å². The van der Waals surface area contributed by atoms with Crippen LogP contribution in [-0.2, 0) is 26.2 Å². The predicted molar refractivity (Wildman–Crippen MR) is 163 cm³/mol. The number of aryl methyl sites for hydroxylation is 1. The van der Waals surface area contributed by atoms with Gasteiger partial charge in [-0.3, -0.25) is 4.90 Å². The minimum Gasteiger partial charge on any atom is -0.484 e. The summed E-state index contributed by atoms with van der Waals surface area (Å²) in [6.45, 7) is 5.09. The van der Waals surface area contributed by atoms with E-state index in [1.165, 1.54) is 24.3 Å². The van der Waals surface area contributed by atoms with Gasteiger partial charge >= 0.3 is 5.97 Å². The Balaban J connectivity index is 1.11. The number of halogens is 3. The molecular formula is C32H31ClF2N6O4. The minimum absolute atomic E-state index is 0.00802. The van der Waals surface area contributed by atoms with Crippen LogP contribution in [0.25, 0.3) is 11.0 Å². The van der Waals surface area contributed by atoms with Gasteiger partial charge in [-0.1, -0.05) is 11.6 Å². The van der Waals surface area contributed by atoms with Crippen LogP contribution in [0.2, 0.25) is 5.02 Å². The number of hydrogen-bond acceptors (Lipinski definition) is 7. The fraction of sp³-hybridized carbons (Fsp3) is 0.312. The number of likely N-dealkylation sites (tertiary alicyclic amines) is 1.